The summed E-state index contributed by atoms with van der Waals surface area (Å²) in [5.41, 5.74) is 1.15. The van der Waals surface area contributed by atoms with Crippen LogP contribution in [0, 0.1) is 11.8 Å². The number of benzene rings is 1. The van der Waals surface area contributed by atoms with Gasteiger partial charge >= 0.3 is 29.6 Å². The fraction of sp³-hybridized carbons (Fsp3) is 0.529. The zero-order valence-electron chi connectivity index (χ0n) is 13.3. The number of aliphatic carboxylic acids is 1. The van der Waals surface area contributed by atoms with Gasteiger partial charge in [0.25, 0.3) is 5.97 Å². The first-order valence-corrected chi connectivity index (χ1v) is 9.47. The van der Waals surface area contributed by atoms with Crippen LogP contribution in [0.4, 0.5) is 0 Å². The molecule has 4 rings (SSSR count). The molecule has 0 atom stereocenters. The van der Waals surface area contributed by atoms with Crippen molar-refractivity contribution in [2.75, 3.05) is 20.1 Å². The van der Waals surface area contributed by atoms with Crippen LogP contribution in [0.25, 0.3) is 10.2 Å². The van der Waals surface area contributed by atoms with Crippen molar-refractivity contribution in [3.8, 4) is 0 Å². The first-order chi connectivity index (χ1) is 10.9. The molecular weight excluding hydrogens is 399 g/mol. The Morgan fingerprint density at radius 1 is 1.33 bits per heavy atom. The summed E-state index contributed by atoms with van der Waals surface area (Å²) in [4.78, 5) is 16.3. The number of carboxylic acid groups (broad SMARTS) is 1. The van der Waals surface area contributed by atoms with Gasteiger partial charge in [-0.05, 0) is 49.9 Å². The van der Waals surface area contributed by atoms with E-state index < -0.39 is 5.97 Å². The average molecular weight is 421 g/mol. The minimum atomic E-state index is -0.833. The Morgan fingerprint density at radius 2 is 1.96 bits per heavy atom. The maximum absolute atomic E-state index is 9.00. The number of carbonyl (C=O) groups is 1. The number of hydrogen-bond donors (Lipinski definition) is 1. The molecule has 1 aliphatic heterocycles. The summed E-state index contributed by atoms with van der Waals surface area (Å²) in [6, 6.07) is 6.42. The zero-order chi connectivity index (χ0) is 16.6. The second-order valence-electron chi connectivity index (χ2n) is 6.59. The zero-order valence-corrected chi connectivity index (χ0v) is 15.7. The van der Waals surface area contributed by atoms with Crippen molar-refractivity contribution >= 4 is 73.0 Å². The van der Waals surface area contributed by atoms with E-state index in [0.29, 0.717) is 0 Å². The predicted octanol–water partition coefficient (Wildman–Crippen LogP) is 3.56. The van der Waals surface area contributed by atoms with Gasteiger partial charge in [-0.15, -0.1) is 11.3 Å². The molecule has 0 radical (unpaired) electrons. The van der Waals surface area contributed by atoms with E-state index in [1.165, 1.54) is 35.6 Å². The molecule has 0 amide bonds. The number of hydrogen-bond acceptors (Lipinski definition) is 4. The van der Waals surface area contributed by atoms with Crippen LogP contribution < -0.4 is 0 Å². The number of likely N-dealkylation sites (tertiary alicyclic amines) is 1. The summed E-state index contributed by atoms with van der Waals surface area (Å²) >= 11 is 5.41. The average Bonchev–Trinajstić information content (AvgIpc) is 2.76. The summed E-state index contributed by atoms with van der Waals surface area (Å²) in [6.07, 6.45) is 2.72. The van der Waals surface area contributed by atoms with Crippen LogP contribution in [-0.4, -0.2) is 70.7 Å². The predicted molar refractivity (Wildman–Crippen MR) is 104 cm³/mol. The van der Waals surface area contributed by atoms with Gasteiger partial charge in [-0.2, -0.15) is 0 Å². The summed E-state index contributed by atoms with van der Waals surface area (Å²) in [6.45, 7) is 3.70. The second kappa shape index (κ2) is 8.60. The number of rotatable bonds is 2. The van der Waals surface area contributed by atoms with E-state index in [4.69, 9.17) is 14.9 Å². The molecule has 2 aliphatic rings. The molecule has 2 heterocycles. The normalized spacial score (nSPS) is 23.5. The molecule has 1 saturated heterocycles. The molecule has 0 unspecified atom stereocenters. The van der Waals surface area contributed by atoms with Crippen LogP contribution in [0.15, 0.2) is 22.7 Å². The van der Waals surface area contributed by atoms with Gasteiger partial charge in [0.15, 0.2) is 0 Å². The van der Waals surface area contributed by atoms with Crippen molar-refractivity contribution in [3.63, 3.8) is 0 Å². The van der Waals surface area contributed by atoms with Gasteiger partial charge in [-0.25, -0.2) is 4.98 Å². The molecule has 4 nitrogen and oxygen atoms in total. The third-order valence-corrected chi connectivity index (χ3v) is 6.34. The van der Waals surface area contributed by atoms with Crippen LogP contribution in [0.3, 0.4) is 0 Å². The number of carboxylic acids is 1. The van der Waals surface area contributed by atoms with E-state index in [0.717, 1.165) is 34.7 Å². The number of nitrogens with zero attached hydrogens (tertiary/aromatic N) is 2. The van der Waals surface area contributed by atoms with E-state index in [1.54, 1.807) is 0 Å². The third kappa shape index (κ3) is 4.80. The quantitative estimate of drug-likeness (QED) is 0.754. The van der Waals surface area contributed by atoms with Crippen molar-refractivity contribution < 1.29 is 9.90 Å². The standard InChI is InChI=1S/C15H17BrN2S.C2H4O2.Na.H/c1-18-7-11(8-18)9-4-10(5-9)15-17-13-6-12(16)2-3-14(13)19-15;1-2(3)4;;/h2-3,6,9-11H,4-5,7-8H2,1H3;1H3,(H,3,4);;. The van der Waals surface area contributed by atoms with Crippen LogP contribution in [0.2, 0.25) is 0 Å². The van der Waals surface area contributed by atoms with Crippen molar-refractivity contribution in [2.45, 2.75) is 25.7 Å². The van der Waals surface area contributed by atoms with Crippen LogP contribution in [0.5, 0.6) is 0 Å². The molecule has 1 aliphatic carbocycles. The molecule has 1 aromatic carbocycles. The first-order valence-electron chi connectivity index (χ1n) is 7.86. The number of thiazole rings is 1. The Bertz CT molecular complexity index is 708. The van der Waals surface area contributed by atoms with Crippen molar-refractivity contribution in [3.05, 3.63) is 27.7 Å². The molecule has 7 heteroatoms. The van der Waals surface area contributed by atoms with Gasteiger partial charge in [-0.3, -0.25) is 4.79 Å². The molecule has 126 valence electrons. The summed E-state index contributed by atoms with van der Waals surface area (Å²) in [5, 5.41) is 8.78. The number of fused-ring (bicyclic) bond motifs is 1. The summed E-state index contributed by atoms with van der Waals surface area (Å²) in [7, 11) is 2.22. The molecule has 2 aromatic rings. The topological polar surface area (TPSA) is 53.4 Å². The van der Waals surface area contributed by atoms with Crippen molar-refractivity contribution in [1.82, 2.24) is 9.88 Å². The third-order valence-electron chi connectivity index (χ3n) is 4.65. The van der Waals surface area contributed by atoms with Gasteiger partial charge < -0.3 is 10.0 Å². The van der Waals surface area contributed by atoms with E-state index in [-0.39, 0.29) is 29.6 Å². The Balaban J connectivity index is 0.000000379. The Labute approximate surface area is 177 Å². The van der Waals surface area contributed by atoms with Gasteiger partial charge in [-0.1, -0.05) is 15.9 Å². The summed E-state index contributed by atoms with van der Waals surface area (Å²) < 4.78 is 2.45. The fourth-order valence-corrected chi connectivity index (χ4v) is 4.81. The van der Waals surface area contributed by atoms with Gasteiger partial charge in [0.2, 0.25) is 0 Å². The van der Waals surface area contributed by atoms with Crippen LogP contribution in [0.1, 0.15) is 30.7 Å². The first kappa shape index (κ1) is 20.3. The van der Waals surface area contributed by atoms with Crippen molar-refractivity contribution in [2.24, 2.45) is 11.8 Å². The molecular formula is C17H22BrN2NaO2S. The maximum atomic E-state index is 9.00. The molecule has 2 fully saturated rings. The Kier molecular flexibility index (Phi) is 7.29. The monoisotopic (exact) mass is 420 g/mol. The van der Waals surface area contributed by atoms with Gasteiger partial charge in [0.05, 0.1) is 15.2 Å². The van der Waals surface area contributed by atoms with E-state index in [1.807, 2.05) is 11.3 Å². The Hall–Kier alpha value is 0.0200. The van der Waals surface area contributed by atoms with E-state index in [2.05, 4.69) is 46.1 Å². The molecule has 0 spiro atoms. The van der Waals surface area contributed by atoms with Crippen molar-refractivity contribution in [1.29, 1.82) is 0 Å². The molecule has 1 N–H and O–H groups in total. The molecule has 1 saturated carbocycles. The van der Waals surface area contributed by atoms with E-state index >= 15 is 0 Å². The molecule has 0 bridgehead atoms. The number of aromatic nitrogens is 1. The summed E-state index contributed by atoms with van der Waals surface area (Å²) in [5.74, 6) is 1.82. The SMILES string of the molecule is CC(=O)O.CN1CC(C2CC(c3nc4cc(Br)ccc4s3)C2)C1.[NaH]. The Morgan fingerprint density at radius 3 is 2.54 bits per heavy atom. The molecule has 1 aromatic heterocycles. The molecule has 24 heavy (non-hydrogen) atoms. The van der Waals surface area contributed by atoms with Crippen LogP contribution >= 0.6 is 27.3 Å². The second-order valence-corrected chi connectivity index (χ2v) is 8.57. The van der Waals surface area contributed by atoms with Crippen LogP contribution in [-0.2, 0) is 4.79 Å². The fourth-order valence-electron chi connectivity index (χ4n) is 3.39. The number of halogens is 1. The van der Waals surface area contributed by atoms with E-state index in [9.17, 15) is 0 Å². The van der Waals surface area contributed by atoms with Gasteiger partial charge in [0.1, 0.15) is 0 Å². The van der Waals surface area contributed by atoms with Gasteiger partial charge in [0, 0.05) is 30.4 Å². The minimum absolute atomic E-state index is 0.